The number of rotatable bonds is 3. The van der Waals surface area contributed by atoms with Crippen LogP contribution in [0.25, 0.3) is 0 Å². The maximum absolute atomic E-state index is 12.4. The molecule has 0 aliphatic rings. The molecule has 6 heteroatoms. The summed E-state index contributed by atoms with van der Waals surface area (Å²) in [7, 11) is 1.66. The van der Waals surface area contributed by atoms with Crippen LogP contribution in [0.15, 0.2) is 24.3 Å². The topological polar surface area (TPSA) is 70.5 Å². The molecule has 20 heavy (non-hydrogen) atoms. The van der Waals surface area contributed by atoms with Gasteiger partial charge in [0.2, 0.25) is 0 Å². The Kier molecular flexibility index (Phi) is 3.85. The van der Waals surface area contributed by atoms with Crippen molar-refractivity contribution in [1.82, 2.24) is 4.98 Å². The van der Waals surface area contributed by atoms with E-state index in [2.05, 4.69) is 4.98 Å². The quantitative estimate of drug-likeness (QED) is 0.943. The highest BCUT2D eigenvalue weighted by molar-refractivity contribution is 7.13. The number of carbonyl (C=O) groups is 2. The van der Waals surface area contributed by atoms with Crippen molar-refractivity contribution in [2.45, 2.75) is 13.8 Å². The van der Waals surface area contributed by atoms with Crippen LogP contribution in [0.5, 0.6) is 0 Å². The van der Waals surface area contributed by atoms with Crippen LogP contribution in [0.2, 0.25) is 0 Å². The lowest BCUT2D eigenvalue weighted by atomic mass is 10.2. The standard InChI is InChI=1S/C14H14N2O3S/c1-8-12(20-9(2)15-8)13(17)16(3)11-6-4-10(5-7-11)14(18)19/h4-7H,1-3H3,(H,18,19). The van der Waals surface area contributed by atoms with E-state index in [0.717, 1.165) is 5.01 Å². The van der Waals surface area contributed by atoms with Gasteiger partial charge in [0.15, 0.2) is 0 Å². The van der Waals surface area contributed by atoms with Gasteiger partial charge < -0.3 is 10.0 Å². The number of carbonyl (C=O) groups excluding carboxylic acids is 1. The summed E-state index contributed by atoms with van der Waals surface area (Å²) in [6, 6.07) is 6.19. The van der Waals surface area contributed by atoms with Gasteiger partial charge in [-0.05, 0) is 38.1 Å². The molecule has 0 spiro atoms. The highest BCUT2D eigenvalue weighted by Gasteiger charge is 2.19. The lowest BCUT2D eigenvalue weighted by Gasteiger charge is -2.16. The average molecular weight is 290 g/mol. The van der Waals surface area contributed by atoms with Gasteiger partial charge in [-0.2, -0.15) is 0 Å². The zero-order valence-electron chi connectivity index (χ0n) is 11.4. The van der Waals surface area contributed by atoms with Crippen LogP contribution in [0.3, 0.4) is 0 Å². The molecule has 0 unspecified atom stereocenters. The van der Waals surface area contributed by atoms with E-state index in [-0.39, 0.29) is 11.5 Å². The Balaban J connectivity index is 2.26. The minimum atomic E-state index is -0.987. The van der Waals surface area contributed by atoms with Crippen molar-refractivity contribution in [3.63, 3.8) is 0 Å². The van der Waals surface area contributed by atoms with E-state index < -0.39 is 5.97 Å². The lowest BCUT2D eigenvalue weighted by Crippen LogP contribution is -2.26. The molecule has 1 amide bonds. The highest BCUT2D eigenvalue weighted by Crippen LogP contribution is 2.22. The number of benzene rings is 1. The molecule has 0 bridgehead atoms. The third-order valence-electron chi connectivity index (χ3n) is 2.90. The van der Waals surface area contributed by atoms with Gasteiger partial charge >= 0.3 is 5.97 Å². The maximum atomic E-state index is 12.4. The van der Waals surface area contributed by atoms with E-state index in [0.29, 0.717) is 16.3 Å². The van der Waals surface area contributed by atoms with E-state index in [1.54, 1.807) is 26.1 Å². The van der Waals surface area contributed by atoms with Gasteiger partial charge in [-0.25, -0.2) is 9.78 Å². The summed E-state index contributed by atoms with van der Waals surface area (Å²) in [5.74, 6) is -1.13. The molecule has 0 atom stereocenters. The molecular formula is C14H14N2O3S. The van der Waals surface area contributed by atoms with Crippen molar-refractivity contribution in [2.75, 3.05) is 11.9 Å². The molecule has 1 aromatic heterocycles. The van der Waals surface area contributed by atoms with E-state index >= 15 is 0 Å². The molecular weight excluding hydrogens is 276 g/mol. The van der Waals surface area contributed by atoms with E-state index in [4.69, 9.17) is 5.11 Å². The fraction of sp³-hybridized carbons (Fsp3) is 0.214. The van der Waals surface area contributed by atoms with Crippen molar-refractivity contribution >= 4 is 28.9 Å². The average Bonchev–Trinajstić information content (AvgIpc) is 2.76. The summed E-state index contributed by atoms with van der Waals surface area (Å²) in [5, 5.41) is 9.70. The molecule has 0 aliphatic carbocycles. The van der Waals surface area contributed by atoms with Gasteiger partial charge in [-0.1, -0.05) is 0 Å². The predicted octanol–water partition coefficient (Wildman–Crippen LogP) is 2.73. The Morgan fingerprint density at radius 1 is 1.20 bits per heavy atom. The number of hydrogen-bond donors (Lipinski definition) is 1. The molecule has 1 N–H and O–H groups in total. The maximum Gasteiger partial charge on any atom is 0.335 e. The summed E-state index contributed by atoms with van der Waals surface area (Å²) < 4.78 is 0. The molecule has 2 aromatic rings. The Hall–Kier alpha value is -2.21. The normalized spacial score (nSPS) is 10.3. The molecule has 0 radical (unpaired) electrons. The Bertz CT molecular complexity index is 662. The van der Waals surface area contributed by atoms with Crippen molar-refractivity contribution in [3.8, 4) is 0 Å². The van der Waals surface area contributed by atoms with Crippen LogP contribution < -0.4 is 4.90 Å². The number of amides is 1. The van der Waals surface area contributed by atoms with Crippen LogP contribution in [0, 0.1) is 13.8 Å². The molecule has 0 saturated carbocycles. The fourth-order valence-corrected chi connectivity index (χ4v) is 2.72. The van der Waals surface area contributed by atoms with Gasteiger partial charge in [0.25, 0.3) is 5.91 Å². The van der Waals surface area contributed by atoms with Crippen molar-refractivity contribution < 1.29 is 14.7 Å². The van der Waals surface area contributed by atoms with E-state index in [1.807, 2.05) is 6.92 Å². The molecule has 5 nitrogen and oxygen atoms in total. The van der Waals surface area contributed by atoms with Crippen molar-refractivity contribution in [2.24, 2.45) is 0 Å². The minimum Gasteiger partial charge on any atom is -0.478 e. The first kappa shape index (κ1) is 14.2. The predicted molar refractivity (Wildman–Crippen MR) is 77.7 cm³/mol. The monoisotopic (exact) mass is 290 g/mol. The molecule has 0 fully saturated rings. The van der Waals surface area contributed by atoms with E-state index in [9.17, 15) is 9.59 Å². The first-order valence-electron chi connectivity index (χ1n) is 5.95. The Labute approximate surface area is 120 Å². The van der Waals surface area contributed by atoms with Crippen molar-refractivity contribution in [1.29, 1.82) is 0 Å². The number of carboxylic acids is 1. The summed E-state index contributed by atoms with van der Waals surface area (Å²) in [6.07, 6.45) is 0. The molecule has 0 aliphatic heterocycles. The fourth-order valence-electron chi connectivity index (χ4n) is 1.83. The van der Waals surface area contributed by atoms with E-state index in [1.165, 1.54) is 28.4 Å². The number of nitrogens with zero attached hydrogens (tertiary/aromatic N) is 2. The zero-order chi connectivity index (χ0) is 14.9. The lowest BCUT2D eigenvalue weighted by molar-refractivity contribution is 0.0696. The van der Waals surface area contributed by atoms with Crippen molar-refractivity contribution in [3.05, 3.63) is 45.4 Å². The Morgan fingerprint density at radius 2 is 1.80 bits per heavy atom. The number of aryl methyl sites for hydroxylation is 2. The van der Waals surface area contributed by atoms with Crippen LogP contribution in [-0.2, 0) is 0 Å². The summed E-state index contributed by atoms with van der Waals surface area (Å²) in [4.78, 5) is 29.5. The molecule has 2 rings (SSSR count). The second-order valence-corrected chi connectivity index (χ2v) is 5.57. The first-order chi connectivity index (χ1) is 9.40. The zero-order valence-corrected chi connectivity index (χ0v) is 12.2. The van der Waals surface area contributed by atoms with Crippen LogP contribution in [-0.4, -0.2) is 29.0 Å². The first-order valence-corrected chi connectivity index (χ1v) is 6.77. The third kappa shape index (κ3) is 2.70. The SMILES string of the molecule is Cc1nc(C)c(C(=O)N(C)c2ccc(C(=O)O)cc2)s1. The Morgan fingerprint density at radius 3 is 2.25 bits per heavy atom. The molecule has 0 saturated heterocycles. The molecule has 104 valence electrons. The number of thiazole rings is 1. The van der Waals surface area contributed by atoms with Gasteiger partial charge in [-0.15, -0.1) is 11.3 Å². The number of aromatic nitrogens is 1. The number of hydrogen-bond acceptors (Lipinski definition) is 4. The van der Waals surface area contributed by atoms with Gasteiger partial charge in [0.1, 0.15) is 4.88 Å². The van der Waals surface area contributed by atoms with Crippen LogP contribution in [0.4, 0.5) is 5.69 Å². The van der Waals surface area contributed by atoms with Crippen LogP contribution in [0.1, 0.15) is 30.7 Å². The summed E-state index contributed by atoms with van der Waals surface area (Å²) in [5.41, 5.74) is 1.55. The van der Waals surface area contributed by atoms with Crippen LogP contribution >= 0.6 is 11.3 Å². The summed E-state index contributed by atoms with van der Waals surface area (Å²) in [6.45, 7) is 3.66. The van der Waals surface area contributed by atoms with Gasteiger partial charge in [-0.3, -0.25) is 4.79 Å². The number of carboxylic acid groups (broad SMARTS) is 1. The van der Waals surface area contributed by atoms with Gasteiger partial charge in [0.05, 0.1) is 16.3 Å². The molecule has 1 heterocycles. The summed E-state index contributed by atoms with van der Waals surface area (Å²) >= 11 is 1.36. The number of aromatic carboxylic acids is 1. The van der Waals surface area contributed by atoms with Gasteiger partial charge in [0, 0.05) is 12.7 Å². The largest absolute Gasteiger partial charge is 0.478 e. The third-order valence-corrected chi connectivity index (χ3v) is 3.96. The number of anilines is 1. The second-order valence-electron chi connectivity index (χ2n) is 4.36. The smallest absolute Gasteiger partial charge is 0.335 e. The minimum absolute atomic E-state index is 0.142. The molecule has 1 aromatic carbocycles. The highest BCUT2D eigenvalue weighted by atomic mass is 32.1. The second kappa shape index (κ2) is 5.42.